The van der Waals surface area contributed by atoms with Gasteiger partial charge in [0.05, 0.1) is 42.0 Å². The summed E-state index contributed by atoms with van der Waals surface area (Å²) in [5.74, 6) is 2.04. The van der Waals surface area contributed by atoms with Gasteiger partial charge in [0.1, 0.15) is 24.1 Å². The molecule has 1 aliphatic heterocycles. The minimum atomic E-state index is -1.08. The minimum Gasteiger partial charge on any atom is -0.494 e. The number of hydrogen-bond acceptors (Lipinski definition) is 11. The summed E-state index contributed by atoms with van der Waals surface area (Å²) in [6, 6.07) is 7.27. The zero-order valence-electron chi connectivity index (χ0n) is 22.6. The second-order valence-electron chi connectivity index (χ2n) is 9.40. The number of halogens is 1. The zero-order chi connectivity index (χ0) is 28.2. The van der Waals surface area contributed by atoms with Gasteiger partial charge in [-0.15, -0.1) is 0 Å². The smallest absolute Gasteiger partial charge is 0.232 e. The molecule has 0 saturated carbocycles. The quantitative estimate of drug-likeness (QED) is 0.281. The lowest BCUT2D eigenvalue weighted by atomic mass is 10.1. The molecule has 12 nitrogen and oxygen atoms in total. The number of carbonyl (C=O) groups is 1. The Kier molecular flexibility index (Phi) is 7.82. The van der Waals surface area contributed by atoms with Crippen LogP contribution in [0.15, 0.2) is 49.2 Å². The molecule has 0 unspecified atom stereocenters. The molecule has 0 aliphatic carbocycles. The number of ketones is 1. The van der Waals surface area contributed by atoms with Crippen LogP contribution < -0.4 is 20.1 Å². The highest BCUT2D eigenvalue weighted by Crippen LogP contribution is 2.37. The van der Waals surface area contributed by atoms with Crippen LogP contribution in [-0.2, 0) is 7.05 Å². The molecule has 2 atom stereocenters. The van der Waals surface area contributed by atoms with Gasteiger partial charge in [0, 0.05) is 38.8 Å². The summed E-state index contributed by atoms with van der Waals surface area (Å²) in [7, 11) is 5.20. The molecule has 13 heteroatoms. The summed E-state index contributed by atoms with van der Waals surface area (Å²) in [5, 5.41) is 10.8. The van der Waals surface area contributed by atoms with Gasteiger partial charge in [0.15, 0.2) is 23.5 Å². The number of hydrogen-bond donors (Lipinski definition) is 2. The Balaban J connectivity index is 1.39. The van der Waals surface area contributed by atoms with E-state index in [0.717, 1.165) is 0 Å². The second-order valence-corrected chi connectivity index (χ2v) is 9.40. The highest BCUT2D eigenvalue weighted by Gasteiger charge is 2.32. The number of likely N-dealkylation sites (tertiary alicyclic amines) is 1. The topological polar surface area (TPSA) is 132 Å². The van der Waals surface area contributed by atoms with Gasteiger partial charge in [-0.3, -0.25) is 14.4 Å². The van der Waals surface area contributed by atoms with E-state index in [-0.39, 0.29) is 11.7 Å². The third kappa shape index (κ3) is 5.83. The van der Waals surface area contributed by atoms with Crippen molar-refractivity contribution in [3.05, 3.63) is 54.7 Å². The van der Waals surface area contributed by atoms with Gasteiger partial charge in [-0.05, 0) is 19.2 Å². The van der Waals surface area contributed by atoms with Gasteiger partial charge < -0.3 is 20.1 Å². The van der Waals surface area contributed by atoms with Crippen LogP contribution in [0.5, 0.6) is 11.6 Å². The number of ether oxygens (including phenoxy) is 2. The first-order chi connectivity index (χ1) is 19.3. The van der Waals surface area contributed by atoms with Crippen molar-refractivity contribution in [3.8, 4) is 23.0 Å². The molecule has 208 valence electrons. The van der Waals surface area contributed by atoms with E-state index >= 15 is 0 Å². The molecule has 1 aromatic carbocycles. The van der Waals surface area contributed by atoms with E-state index in [1.807, 2.05) is 30.1 Å². The van der Waals surface area contributed by atoms with Crippen LogP contribution in [0.25, 0.3) is 11.4 Å². The molecule has 0 radical (unpaired) electrons. The van der Waals surface area contributed by atoms with Crippen LogP contribution in [0.2, 0.25) is 0 Å². The maximum Gasteiger partial charge on any atom is 0.232 e. The second kappa shape index (κ2) is 11.6. The van der Waals surface area contributed by atoms with Crippen molar-refractivity contribution in [2.75, 3.05) is 37.9 Å². The number of rotatable bonds is 10. The maximum absolute atomic E-state index is 14.1. The van der Waals surface area contributed by atoms with Gasteiger partial charge in [0.2, 0.25) is 5.88 Å². The highest BCUT2D eigenvalue weighted by molar-refractivity contribution is 6.02. The van der Waals surface area contributed by atoms with Crippen LogP contribution in [0.3, 0.4) is 0 Å². The molecule has 2 N–H and O–H groups in total. The number of pyridine rings is 1. The number of nitrogens with one attached hydrogen (secondary N) is 2. The fraction of sp³-hybridized carbons (Fsp3) is 0.333. The van der Waals surface area contributed by atoms with E-state index in [4.69, 9.17) is 9.47 Å². The van der Waals surface area contributed by atoms with Gasteiger partial charge in [-0.1, -0.05) is 13.0 Å². The standard InChI is InChI=1S/C27H30FN9O3/c1-5-21(38)17-10-29-23(34-24-11-31-25(12-30-24)40-22-14-36(2)13-18(22)28)9-20(17)33-19-8-6-7-16(26(19)39-4)27-32-15-37(3)35-27/h6-12,15,18,22H,5,13-14H2,1-4H3,(H2,29,30,33,34)/t18-,22+/m1/s1. The van der Waals surface area contributed by atoms with Crippen molar-refractivity contribution in [2.45, 2.75) is 25.6 Å². The summed E-state index contributed by atoms with van der Waals surface area (Å²) in [6.45, 7) is 2.60. The first kappa shape index (κ1) is 26.9. The molecule has 4 heterocycles. The number of benzene rings is 1. The molecule has 1 aliphatic rings. The number of aromatic nitrogens is 6. The number of anilines is 4. The summed E-state index contributed by atoms with van der Waals surface area (Å²) in [5.41, 5.74) is 2.28. The molecule has 5 rings (SSSR count). The molecule has 4 aromatic rings. The van der Waals surface area contributed by atoms with Gasteiger partial charge >= 0.3 is 0 Å². The largest absolute Gasteiger partial charge is 0.494 e. The molecular formula is C27H30FN9O3. The van der Waals surface area contributed by atoms with E-state index < -0.39 is 12.3 Å². The summed E-state index contributed by atoms with van der Waals surface area (Å²) < 4.78 is 27.1. The van der Waals surface area contributed by atoms with Crippen LogP contribution >= 0.6 is 0 Å². The number of para-hydroxylation sites is 1. The molecule has 1 fully saturated rings. The van der Waals surface area contributed by atoms with Crippen molar-refractivity contribution < 1.29 is 18.7 Å². The van der Waals surface area contributed by atoms with Crippen molar-refractivity contribution in [2.24, 2.45) is 7.05 Å². The van der Waals surface area contributed by atoms with Crippen LogP contribution in [0.1, 0.15) is 23.7 Å². The van der Waals surface area contributed by atoms with E-state index in [1.165, 1.54) is 18.6 Å². The first-order valence-electron chi connectivity index (χ1n) is 12.8. The van der Waals surface area contributed by atoms with Crippen molar-refractivity contribution in [1.82, 2.24) is 34.6 Å². The predicted molar refractivity (Wildman–Crippen MR) is 147 cm³/mol. The number of carbonyl (C=O) groups excluding carboxylic acids is 1. The summed E-state index contributed by atoms with van der Waals surface area (Å²) >= 11 is 0. The van der Waals surface area contributed by atoms with Crippen LogP contribution in [0.4, 0.5) is 27.4 Å². The van der Waals surface area contributed by atoms with Gasteiger partial charge in [0.25, 0.3) is 0 Å². The molecule has 0 amide bonds. The fourth-order valence-corrected chi connectivity index (χ4v) is 4.43. The Labute approximate surface area is 230 Å². The SMILES string of the molecule is CCC(=O)c1cnc(Nc2cnc(O[C@H]3CN(C)C[C@H]3F)cn2)cc1Nc1cccc(-c2ncn(C)n2)c1OC. The minimum absolute atomic E-state index is 0.0758. The van der Waals surface area contributed by atoms with E-state index in [0.29, 0.717) is 65.2 Å². The lowest BCUT2D eigenvalue weighted by Crippen LogP contribution is -2.27. The number of Topliss-reactive ketones (excluding diaryl/α,β-unsaturated/α-hetero) is 1. The maximum atomic E-state index is 14.1. The number of likely N-dealkylation sites (N-methyl/N-ethyl adjacent to an activating group) is 1. The average Bonchev–Trinajstić information content (AvgIpc) is 3.52. The summed E-state index contributed by atoms with van der Waals surface area (Å²) in [6.07, 6.45) is 4.68. The van der Waals surface area contributed by atoms with Crippen LogP contribution in [0, 0.1) is 0 Å². The number of alkyl halides is 1. The number of methoxy groups -OCH3 is 1. The van der Waals surface area contributed by atoms with Crippen molar-refractivity contribution in [1.29, 1.82) is 0 Å². The van der Waals surface area contributed by atoms with Crippen molar-refractivity contribution >= 4 is 28.8 Å². The third-order valence-electron chi connectivity index (χ3n) is 6.39. The first-order valence-corrected chi connectivity index (χ1v) is 12.8. The summed E-state index contributed by atoms with van der Waals surface area (Å²) in [4.78, 5) is 31.9. The Morgan fingerprint density at radius 1 is 1.05 bits per heavy atom. The fourth-order valence-electron chi connectivity index (χ4n) is 4.43. The molecule has 3 aromatic heterocycles. The van der Waals surface area contributed by atoms with E-state index in [9.17, 15) is 9.18 Å². The average molecular weight is 548 g/mol. The number of nitrogens with zero attached hydrogens (tertiary/aromatic N) is 7. The van der Waals surface area contributed by atoms with E-state index in [2.05, 4.69) is 35.7 Å². The van der Waals surface area contributed by atoms with Gasteiger partial charge in [-0.2, -0.15) is 5.10 Å². The Morgan fingerprint density at radius 3 is 2.52 bits per heavy atom. The zero-order valence-corrected chi connectivity index (χ0v) is 22.6. The predicted octanol–water partition coefficient (Wildman–Crippen LogP) is 3.79. The number of aryl methyl sites for hydroxylation is 1. The van der Waals surface area contributed by atoms with Crippen molar-refractivity contribution in [3.63, 3.8) is 0 Å². The van der Waals surface area contributed by atoms with E-state index in [1.54, 1.807) is 38.2 Å². The van der Waals surface area contributed by atoms with Gasteiger partial charge in [-0.25, -0.2) is 24.3 Å². The molecule has 40 heavy (non-hydrogen) atoms. The Bertz CT molecular complexity index is 1500. The third-order valence-corrected chi connectivity index (χ3v) is 6.39. The lowest BCUT2D eigenvalue weighted by Gasteiger charge is -2.17. The Hall–Kier alpha value is -4.65. The van der Waals surface area contributed by atoms with Crippen LogP contribution in [-0.4, -0.2) is 79.9 Å². The Morgan fingerprint density at radius 2 is 1.88 bits per heavy atom. The highest BCUT2D eigenvalue weighted by atomic mass is 19.1. The molecule has 1 saturated heterocycles. The molecule has 0 spiro atoms. The normalized spacial score (nSPS) is 17.0. The molecule has 0 bridgehead atoms. The lowest BCUT2D eigenvalue weighted by molar-refractivity contribution is 0.0988. The monoisotopic (exact) mass is 547 g/mol. The molecular weight excluding hydrogens is 517 g/mol.